The van der Waals surface area contributed by atoms with E-state index in [0.29, 0.717) is 0 Å². The van der Waals surface area contributed by atoms with Gasteiger partial charge in [-0.2, -0.15) is 0 Å². The van der Waals surface area contributed by atoms with Gasteiger partial charge in [0.05, 0.1) is 6.10 Å². The van der Waals surface area contributed by atoms with Gasteiger partial charge in [-0.3, -0.25) is 0 Å². The van der Waals surface area contributed by atoms with E-state index in [1.54, 1.807) is 0 Å². The molecule has 0 radical (unpaired) electrons. The Balaban J connectivity index is 2.59. The Morgan fingerprint density at radius 1 is 1.31 bits per heavy atom. The number of aliphatic hydroxyl groups is 1. The molecule has 0 bridgehead atoms. The maximum absolute atomic E-state index is 9.94. The average molecular weight is 216 g/mol. The van der Waals surface area contributed by atoms with Crippen molar-refractivity contribution >= 4 is 6.08 Å². The number of hydrogen-bond donors (Lipinski definition) is 1. The first-order chi connectivity index (χ1) is 7.77. The van der Waals surface area contributed by atoms with Crippen molar-refractivity contribution in [3.05, 3.63) is 54.6 Å². The fourth-order valence-electron chi connectivity index (χ4n) is 1.68. The molecule has 0 heterocycles. The van der Waals surface area contributed by atoms with Crippen LogP contribution in [0.25, 0.3) is 6.08 Å². The van der Waals surface area contributed by atoms with Gasteiger partial charge in [-0.25, -0.2) is 0 Å². The second kappa shape index (κ2) is 7.02. The van der Waals surface area contributed by atoms with Gasteiger partial charge < -0.3 is 5.11 Å². The van der Waals surface area contributed by atoms with Crippen molar-refractivity contribution in [1.82, 2.24) is 0 Å². The molecule has 2 atom stereocenters. The first-order valence-corrected chi connectivity index (χ1v) is 5.81. The zero-order valence-electron chi connectivity index (χ0n) is 9.84. The van der Waals surface area contributed by atoms with Gasteiger partial charge in [-0.15, -0.1) is 6.58 Å². The second-order valence-electron chi connectivity index (χ2n) is 3.95. The van der Waals surface area contributed by atoms with Gasteiger partial charge in [0, 0.05) is 5.92 Å². The van der Waals surface area contributed by atoms with E-state index in [-0.39, 0.29) is 5.92 Å². The van der Waals surface area contributed by atoms with Crippen molar-refractivity contribution in [2.75, 3.05) is 0 Å². The van der Waals surface area contributed by atoms with E-state index in [9.17, 15) is 5.11 Å². The molecule has 1 rings (SSSR count). The van der Waals surface area contributed by atoms with Gasteiger partial charge >= 0.3 is 0 Å². The van der Waals surface area contributed by atoms with Crippen molar-refractivity contribution in [2.45, 2.75) is 25.9 Å². The molecule has 86 valence electrons. The fourth-order valence-corrected chi connectivity index (χ4v) is 1.68. The van der Waals surface area contributed by atoms with E-state index >= 15 is 0 Å². The van der Waals surface area contributed by atoms with Crippen LogP contribution in [0.4, 0.5) is 0 Å². The van der Waals surface area contributed by atoms with Crippen molar-refractivity contribution in [3.8, 4) is 0 Å². The summed E-state index contributed by atoms with van der Waals surface area (Å²) in [6.07, 6.45) is 7.24. The van der Waals surface area contributed by atoms with Crippen LogP contribution in [0, 0.1) is 5.92 Å². The highest BCUT2D eigenvalue weighted by Gasteiger charge is 2.11. The molecule has 0 aliphatic rings. The van der Waals surface area contributed by atoms with Gasteiger partial charge in [0.1, 0.15) is 0 Å². The number of hydrogen-bond acceptors (Lipinski definition) is 1. The summed E-state index contributed by atoms with van der Waals surface area (Å²) in [6, 6.07) is 10.0. The van der Waals surface area contributed by atoms with Crippen LogP contribution in [0.15, 0.2) is 49.1 Å². The van der Waals surface area contributed by atoms with Crippen LogP contribution in [0.3, 0.4) is 0 Å². The second-order valence-corrected chi connectivity index (χ2v) is 3.95. The molecule has 0 saturated carbocycles. The smallest absolute Gasteiger partial charge is 0.0786 e. The molecule has 0 aliphatic heterocycles. The maximum Gasteiger partial charge on any atom is 0.0786 e. The van der Waals surface area contributed by atoms with E-state index < -0.39 is 6.10 Å². The first-order valence-electron chi connectivity index (χ1n) is 5.81. The molecule has 1 heteroatoms. The van der Waals surface area contributed by atoms with E-state index in [1.165, 1.54) is 0 Å². The Morgan fingerprint density at radius 2 is 2.00 bits per heavy atom. The Labute approximate surface area is 98.1 Å². The Morgan fingerprint density at radius 3 is 2.56 bits per heavy atom. The molecule has 0 unspecified atom stereocenters. The molecule has 0 spiro atoms. The van der Waals surface area contributed by atoms with Gasteiger partial charge in [-0.05, 0) is 12.0 Å². The molecule has 1 aromatic carbocycles. The minimum Gasteiger partial charge on any atom is -0.388 e. The summed E-state index contributed by atoms with van der Waals surface area (Å²) < 4.78 is 0. The van der Waals surface area contributed by atoms with Gasteiger partial charge in [0.15, 0.2) is 0 Å². The number of benzene rings is 1. The van der Waals surface area contributed by atoms with Gasteiger partial charge in [-0.1, -0.05) is 61.9 Å². The minimum absolute atomic E-state index is 0.157. The highest BCUT2D eigenvalue weighted by atomic mass is 16.3. The molecular formula is C15H20O. The first kappa shape index (κ1) is 12.7. The lowest BCUT2D eigenvalue weighted by atomic mass is 9.96. The average Bonchev–Trinajstić information content (AvgIpc) is 2.34. The maximum atomic E-state index is 9.94. The zero-order chi connectivity index (χ0) is 11.8. The summed E-state index contributed by atoms with van der Waals surface area (Å²) >= 11 is 0. The highest BCUT2D eigenvalue weighted by Crippen LogP contribution is 2.15. The van der Waals surface area contributed by atoms with Crippen molar-refractivity contribution in [2.24, 2.45) is 5.92 Å². The molecule has 1 N–H and O–H groups in total. The summed E-state index contributed by atoms with van der Waals surface area (Å²) in [4.78, 5) is 0. The van der Waals surface area contributed by atoms with Crippen molar-refractivity contribution < 1.29 is 5.11 Å². The van der Waals surface area contributed by atoms with Crippen LogP contribution in [-0.4, -0.2) is 11.2 Å². The summed E-state index contributed by atoms with van der Waals surface area (Å²) in [5.74, 6) is 0.157. The summed E-state index contributed by atoms with van der Waals surface area (Å²) in [5, 5.41) is 9.94. The van der Waals surface area contributed by atoms with Crippen LogP contribution in [-0.2, 0) is 0 Å². The van der Waals surface area contributed by atoms with Crippen LogP contribution in [0.1, 0.15) is 25.3 Å². The normalized spacial score (nSPS) is 14.9. The van der Waals surface area contributed by atoms with E-state index in [1.807, 2.05) is 48.6 Å². The SMILES string of the molecule is C=C[C@@H](CCC)[C@H](O)/C=C\c1ccccc1. The van der Waals surface area contributed by atoms with E-state index in [2.05, 4.69) is 13.5 Å². The minimum atomic E-state index is -0.433. The van der Waals surface area contributed by atoms with E-state index in [0.717, 1.165) is 18.4 Å². The van der Waals surface area contributed by atoms with Crippen LogP contribution < -0.4 is 0 Å². The molecule has 16 heavy (non-hydrogen) atoms. The highest BCUT2D eigenvalue weighted by molar-refractivity contribution is 5.49. The summed E-state index contributed by atoms with van der Waals surface area (Å²) in [7, 11) is 0. The third-order valence-corrected chi connectivity index (χ3v) is 2.65. The monoisotopic (exact) mass is 216 g/mol. The largest absolute Gasteiger partial charge is 0.388 e. The van der Waals surface area contributed by atoms with Crippen LogP contribution in [0.2, 0.25) is 0 Å². The number of aliphatic hydroxyl groups excluding tert-OH is 1. The lowest BCUT2D eigenvalue weighted by Gasteiger charge is -2.15. The van der Waals surface area contributed by atoms with E-state index in [4.69, 9.17) is 0 Å². The standard InChI is InChI=1S/C15H20O/c1-3-8-14(4-2)15(16)12-11-13-9-6-5-7-10-13/h4-7,9-12,14-16H,2-3,8H2,1H3/b12-11-/t14-,15+/m0/s1. The van der Waals surface area contributed by atoms with Crippen molar-refractivity contribution in [1.29, 1.82) is 0 Å². The lowest BCUT2D eigenvalue weighted by molar-refractivity contribution is 0.172. The topological polar surface area (TPSA) is 20.2 Å². The molecular weight excluding hydrogens is 196 g/mol. The Bertz CT molecular complexity index is 327. The molecule has 1 nitrogen and oxygen atoms in total. The Kier molecular flexibility index (Phi) is 5.58. The fraction of sp³-hybridized carbons (Fsp3) is 0.333. The van der Waals surface area contributed by atoms with Gasteiger partial charge in [0.2, 0.25) is 0 Å². The van der Waals surface area contributed by atoms with Gasteiger partial charge in [0.25, 0.3) is 0 Å². The third kappa shape index (κ3) is 4.03. The molecule has 0 fully saturated rings. The predicted molar refractivity (Wildman–Crippen MR) is 70.1 cm³/mol. The summed E-state index contributed by atoms with van der Waals surface area (Å²) in [6.45, 7) is 5.88. The molecule has 0 amide bonds. The van der Waals surface area contributed by atoms with Crippen molar-refractivity contribution in [3.63, 3.8) is 0 Å². The predicted octanol–water partition coefficient (Wildman–Crippen LogP) is 3.66. The molecule has 0 aliphatic carbocycles. The lowest BCUT2D eigenvalue weighted by Crippen LogP contribution is -2.15. The quantitative estimate of drug-likeness (QED) is 0.719. The third-order valence-electron chi connectivity index (χ3n) is 2.65. The van der Waals surface area contributed by atoms with Crippen LogP contribution in [0.5, 0.6) is 0 Å². The molecule has 1 aromatic rings. The summed E-state index contributed by atoms with van der Waals surface area (Å²) in [5.41, 5.74) is 1.11. The molecule has 0 saturated heterocycles. The Hall–Kier alpha value is -1.34. The zero-order valence-corrected chi connectivity index (χ0v) is 9.84. The number of rotatable bonds is 6. The molecule has 0 aromatic heterocycles. The van der Waals surface area contributed by atoms with Crippen LogP contribution >= 0.6 is 0 Å².